The monoisotopic (exact) mass is 271 g/mol. The van der Waals surface area contributed by atoms with Crippen LogP contribution in [0, 0.1) is 5.41 Å². The maximum atomic E-state index is 11.7. The molecule has 0 fully saturated rings. The molecule has 0 saturated carbocycles. The van der Waals surface area contributed by atoms with Crippen molar-refractivity contribution in [1.82, 2.24) is 5.32 Å². The van der Waals surface area contributed by atoms with Crippen LogP contribution in [-0.4, -0.2) is 43.5 Å². The maximum Gasteiger partial charge on any atom is 0.411 e. The molecule has 0 aromatic rings. The van der Waals surface area contributed by atoms with Crippen molar-refractivity contribution >= 4 is 5.84 Å². The predicted octanol–water partition coefficient (Wildman–Crippen LogP) is 1.32. The van der Waals surface area contributed by atoms with Crippen molar-refractivity contribution in [1.29, 1.82) is 0 Å². The summed E-state index contributed by atoms with van der Waals surface area (Å²) in [5, 5.41) is 14.4. The Hall–Kier alpha value is -1.02. The van der Waals surface area contributed by atoms with E-state index in [0.29, 0.717) is 19.5 Å². The largest absolute Gasteiger partial charge is 0.411 e. The Morgan fingerprint density at radius 1 is 1.33 bits per heavy atom. The van der Waals surface area contributed by atoms with Crippen LogP contribution in [0.2, 0.25) is 0 Å². The molecule has 4 N–H and O–H groups in total. The number of hydrogen-bond donors (Lipinski definition) is 3. The minimum Gasteiger partial charge on any atom is -0.409 e. The van der Waals surface area contributed by atoms with Crippen LogP contribution in [-0.2, 0) is 4.74 Å². The molecule has 0 atom stereocenters. The number of oxime groups is 1. The molecule has 0 radical (unpaired) electrons. The van der Waals surface area contributed by atoms with E-state index < -0.39 is 18.2 Å². The standard InChI is InChI=1S/C10H20F3N3O2/c1-9(2,8(14)16-17)3-4-15-5-6-18-7-10(11,12)13/h15,17H,3-7H2,1-2H3,(H2,14,16). The molecule has 5 nitrogen and oxygen atoms in total. The summed E-state index contributed by atoms with van der Waals surface area (Å²) in [4.78, 5) is 0. The van der Waals surface area contributed by atoms with E-state index in [1.54, 1.807) is 0 Å². The van der Waals surface area contributed by atoms with Crippen molar-refractivity contribution in [3.63, 3.8) is 0 Å². The van der Waals surface area contributed by atoms with E-state index in [2.05, 4.69) is 15.2 Å². The van der Waals surface area contributed by atoms with E-state index in [1.807, 2.05) is 13.8 Å². The molecule has 0 aliphatic carbocycles. The number of nitrogens with two attached hydrogens (primary N) is 1. The smallest absolute Gasteiger partial charge is 0.409 e. The molecule has 0 rings (SSSR count). The number of nitrogens with one attached hydrogen (secondary N) is 1. The zero-order chi connectivity index (χ0) is 14.2. The van der Waals surface area contributed by atoms with Crippen LogP contribution < -0.4 is 11.1 Å². The molecular formula is C10H20F3N3O2. The van der Waals surface area contributed by atoms with Crippen molar-refractivity contribution in [2.45, 2.75) is 26.4 Å². The summed E-state index contributed by atoms with van der Waals surface area (Å²) < 4.78 is 39.6. The average molecular weight is 271 g/mol. The summed E-state index contributed by atoms with van der Waals surface area (Å²) in [6.07, 6.45) is -3.68. The van der Waals surface area contributed by atoms with E-state index in [4.69, 9.17) is 10.9 Å². The summed E-state index contributed by atoms with van der Waals surface area (Å²) in [7, 11) is 0. The highest BCUT2D eigenvalue weighted by molar-refractivity contribution is 5.85. The van der Waals surface area contributed by atoms with Gasteiger partial charge >= 0.3 is 6.18 Å². The molecule has 0 aromatic carbocycles. The molecule has 0 aliphatic rings. The number of alkyl halides is 3. The van der Waals surface area contributed by atoms with E-state index >= 15 is 0 Å². The second-order valence-electron chi connectivity index (χ2n) is 4.54. The first-order valence-electron chi connectivity index (χ1n) is 5.52. The van der Waals surface area contributed by atoms with Gasteiger partial charge in [-0.1, -0.05) is 19.0 Å². The Kier molecular flexibility index (Phi) is 7.00. The Bertz CT molecular complexity index is 268. The van der Waals surface area contributed by atoms with Gasteiger partial charge in [0, 0.05) is 12.0 Å². The lowest BCUT2D eigenvalue weighted by molar-refractivity contribution is -0.173. The number of rotatable bonds is 8. The van der Waals surface area contributed by atoms with Crippen molar-refractivity contribution in [2.24, 2.45) is 16.3 Å². The van der Waals surface area contributed by atoms with Crippen molar-refractivity contribution in [3.05, 3.63) is 0 Å². The zero-order valence-corrected chi connectivity index (χ0v) is 10.5. The number of halogens is 3. The summed E-state index contributed by atoms with van der Waals surface area (Å²) >= 11 is 0. The minimum absolute atomic E-state index is 0.0104. The van der Waals surface area contributed by atoms with Crippen LogP contribution in [0.1, 0.15) is 20.3 Å². The normalized spacial score (nSPS) is 13.9. The van der Waals surface area contributed by atoms with Gasteiger partial charge in [-0.15, -0.1) is 0 Å². The molecule has 108 valence electrons. The highest BCUT2D eigenvalue weighted by Gasteiger charge is 2.27. The van der Waals surface area contributed by atoms with Crippen LogP contribution >= 0.6 is 0 Å². The molecule has 0 amide bonds. The Balaban J connectivity index is 3.58. The summed E-state index contributed by atoms with van der Waals surface area (Å²) in [6, 6.07) is 0. The number of hydrogen-bond acceptors (Lipinski definition) is 4. The molecule has 0 saturated heterocycles. The van der Waals surface area contributed by atoms with Gasteiger partial charge in [-0.25, -0.2) is 0 Å². The Labute approximate surface area is 104 Å². The first-order valence-corrected chi connectivity index (χ1v) is 5.52. The first kappa shape index (κ1) is 17.0. The Morgan fingerprint density at radius 3 is 2.44 bits per heavy atom. The van der Waals surface area contributed by atoms with E-state index in [1.165, 1.54) is 0 Å². The van der Waals surface area contributed by atoms with Gasteiger partial charge in [0.05, 0.1) is 6.61 Å². The van der Waals surface area contributed by atoms with Crippen molar-refractivity contribution < 1.29 is 23.1 Å². The van der Waals surface area contributed by atoms with Crippen molar-refractivity contribution in [3.8, 4) is 0 Å². The van der Waals surface area contributed by atoms with Gasteiger partial charge in [0.1, 0.15) is 12.4 Å². The lowest BCUT2D eigenvalue weighted by Gasteiger charge is -2.22. The molecule has 0 spiro atoms. The third-order valence-corrected chi connectivity index (χ3v) is 2.42. The van der Waals surface area contributed by atoms with Gasteiger partial charge in [0.25, 0.3) is 0 Å². The topological polar surface area (TPSA) is 79.9 Å². The lowest BCUT2D eigenvalue weighted by atomic mass is 9.88. The highest BCUT2D eigenvalue weighted by atomic mass is 19.4. The molecular weight excluding hydrogens is 251 g/mol. The van der Waals surface area contributed by atoms with E-state index in [0.717, 1.165) is 0 Å². The van der Waals surface area contributed by atoms with E-state index in [-0.39, 0.29) is 12.4 Å². The molecule has 0 unspecified atom stereocenters. The second kappa shape index (κ2) is 7.42. The van der Waals surface area contributed by atoms with Crippen molar-refractivity contribution in [2.75, 3.05) is 26.3 Å². The third kappa shape index (κ3) is 8.13. The quantitative estimate of drug-likeness (QED) is 0.204. The summed E-state index contributed by atoms with van der Waals surface area (Å²) in [6.45, 7) is 3.24. The van der Waals surface area contributed by atoms with Gasteiger partial charge in [-0.05, 0) is 13.0 Å². The van der Waals surface area contributed by atoms with Gasteiger partial charge in [-0.2, -0.15) is 13.2 Å². The molecule has 0 aromatic heterocycles. The molecule has 0 bridgehead atoms. The number of ether oxygens (including phenoxy) is 1. The van der Waals surface area contributed by atoms with E-state index in [9.17, 15) is 13.2 Å². The fraction of sp³-hybridized carbons (Fsp3) is 0.900. The average Bonchev–Trinajstić information content (AvgIpc) is 2.25. The van der Waals surface area contributed by atoms with Gasteiger partial charge < -0.3 is 21.0 Å². The first-order chi connectivity index (χ1) is 8.19. The van der Waals surface area contributed by atoms with Crippen LogP contribution in [0.3, 0.4) is 0 Å². The number of amidine groups is 1. The molecule has 0 aliphatic heterocycles. The van der Waals surface area contributed by atoms with Gasteiger partial charge in [0.2, 0.25) is 0 Å². The molecule has 0 heterocycles. The predicted molar refractivity (Wildman–Crippen MR) is 61.6 cm³/mol. The summed E-state index contributed by atoms with van der Waals surface area (Å²) in [5.74, 6) is 0.123. The van der Waals surface area contributed by atoms with Gasteiger partial charge in [0.15, 0.2) is 0 Å². The van der Waals surface area contributed by atoms with Gasteiger partial charge in [-0.3, -0.25) is 0 Å². The maximum absolute atomic E-state index is 11.7. The Morgan fingerprint density at radius 2 is 1.94 bits per heavy atom. The second-order valence-corrected chi connectivity index (χ2v) is 4.54. The highest BCUT2D eigenvalue weighted by Crippen LogP contribution is 2.19. The minimum atomic E-state index is -4.28. The van der Waals surface area contributed by atoms with Crippen LogP contribution in [0.4, 0.5) is 13.2 Å². The molecule has 18 heavy (non-hydrogen) atoms. The van der Waals surface area contributed by atoms with Crippen LogP contribution in [0.5, 0.6) is 0 Å². The fourth-order valence-electron chi connectivity index (χ4n) is 1.12. The van der Waals surface area contributed by atoms with Crippen LogP contribution in [0.15, 0.2) is 5.16 Å². The lowest BCUT2D eigenvalue weighted by Crippen LogP contribution is -2.35. The SMILES string of the molecule is CC(C)(CCNCCOCC(F)(F)F)C(N)=NO. The third-order valence-electron chi connectivity index (χ3n) is 2.42. The summed E-state index contributed by atoms with van der Waals surface area (Å²) in [5.41, 5.74) is 5.02. The zero-order valence-electron chi connectivity index (χ0n) is 10.5. The molecule has 8 heteroatoms. The van der Waals surface area contributed by atoms with Crippen LogP contribution in [0.25, 0.3) is 0 Å². The number of nitrogens with zero attached hydrogens (tertiary/aromatic N) is 1. The fourth-order valence-corrected chi connectivity index (χ4v) is 1.12.